The van der Waals surface area contributed by atoms with Gasteiger partial charge in [0.2, 0.25) is 0 Å². The number of urea groups is 1. The maximum Gasteiger partial charge on any atom is 0.317 e. The molecule has 17 heavy (non-hydrogen) atoms. The number of carbonyl (C=O) groups is 1. The van der Waals surface area contributed by atoms with E-state index in [1.165, 1.54) is 12.0 Å². The molecular weight excluding hydrogens is 214 g/mol. The smallest absolute Gasteiger partial charge is 0.317 e. The van der Waals surface area contributed by atoms with Gasteiger partial charge < -0.3 is 10.2 Å². The lowest BCUT2D eigenvalue weighted by molar-refractivity contribution is 0.186. The Bertz CT molecular complexity index is 347. The maximum absolute atomic E-state index is 11.8. The van der Waals surface area contributed by atoms with Crippen molar-refractivity contribution in [1.29, 1.82) is 0 Å². The molecule has 4 heteroatoms. The molecule has 1 saturated heterocycles. The Morgan fingerprint density at radius 3 is 2.65 bits per heavy atom. The number of likely N-dealkylation sites (tertiary alicyclic amines) is 1. The van der Waals surface area contributed by atoms with Crippen LogP contribution in [-0.4, -0.2) is 35.5 Å². The summed E-state index contributed by atoms with van der Waals surface area (Å²) in [5.74, 6) is 0. The lowest BCUT2D eigenvalue weighted by Crippen LogP contribution is -2.43. The van der Waals surface area contributed by atoms with Gasteiger partial charge in [-0.25, -0.2) is 4.79 Å². The van der Waals surface area contributed by atoms with Crippen molar-refractivity contribution >= 4 is 6.03 Å². The van der Waals surface area contributed by atoms with Gasteiger partial charge >= 0.3 is 6.03 Å². The number of hydrogen-bond acceptors (Lipinski definition) is 2. The van der Waals surface area contributed by atoms with Crippen molar-refractivity contribution in [3.63, 3.8) is 0 Å². The summed E-state index contributed by atoms with van der Waals surface area (Å²) in [5.41, 5.74) is 1.21. The molecule has 1 aromatic heterocycles. The Morgan fingerprint density at radius 2 is 1.94 bits per heavy atom. The fourth-order valence-corrected chi connectivity index (χ4v) is 2.07. The predicted octanol–water partition coefficient (Wildman–Crippen LogP) is 1.82. The SMILES string of the molecule is O=C(NCCc1ccncc1)N1CCCCC1. The molecule has 0 unspecified atom stereocenters. The molecule has 0 saturated carbocycles. The topological polar surface area (TPSA) is 45.2 Å². The molecule has 2 amide bonds. The number of nitrogens with one attached hydrogen (secondary N) is 1. The predicted molar refractivity (Wildman–Crippen MR) is 66.8 cm³/mol. The quantitative estimate of drug-likeness (QED) is 0.865. The monoisotopic (exact) mass is 233 g/mol. The fourth-order valence-electron chi connectivity index (χ4n) is 2.07. The second-order valence-corrected chi connectivity index (χ2v) is 4.39. The van der Waals surface area contributed by atoms with E-state index in [0.717, 1.165) is 32.4 Å². The first kappa shape index (κ1) is 11.9. The molecule has 1 aromatic rings. The van der Waals surface area contributed by atoms with Gasteiger partial charge in [0, 0.05) is 32.0 Å². The molecule has 1 aliphatic heterocycles. The molecule has 0 bridgehead atoms. The summed E-state index contributed by atoms with van der Waals surface area (Å²) in [6, 6.07) is 4.04. The molecule has 0 radical (unpaired) electrons. The third kappa shape index (κ3) is 3.73. The summed E-state index contributed by atoms with van der Waals surface area (Å²) in [5, 5.41) is 2.97. The fraction of sp³-hybridized carbons (Fsp3) is 0.538. The van der Waals surface area contributed by atoms with E-state index in [1.807, 2.05) is 17.0 Å². The summed E-state index contributed by atoms with van der Waals surface area (Å²) >= 11 is 0. The zero-order chi connectivity index (χ0) is 11.9. The van der Waals surface area contributed by atoms with Crippen LogP contribution in [-0.2, 0) is 6.42 Å². The highest BCUT2D eigenvalue weighted by Gasteiger charge is 2.15. The summed E-state index contributed by atoms with van der Waals surface area (Å²) in [7, 11) is 0. The van der Waals surface area contributed by atoms with Crippen LogP contribution in [0.3, 0.4) is 0 Å². The molecule has 0 spiro atoms. The number of carbonyl (C=O) groups excluding carboxylic acids is 1. The minimum Gasteiger partial charge on any atom is -0.338 e. The molecule has 4 nitrogen and oxygen atoms in total. The first-order valence-electron chi connectivity index (χ1n) is 6.28. The van der Waals surface area contributed by atoms with Gasteiger partial charge in [-0.3, -0.25) is 4.98 Å². The van der Waals surface area contributed by atoms with Crippen molar-refractivity contribution in [2.75, 3.05) is 19.6 Å². The summed E-state index contributed by atoms with van der Waals surface area (Å²) in [4.78, 5) is 17.7. The highest BCUT2D eigenvalue weighted by molar-refractivity contribution is 5.74. The summed E-state index contributed by atoms with van der Waals surface area (Å²) < 4.78 is 0. The normalized spacial score (nSPS) is 15.6. The van der Waals surface area contributed by atoms with Crippen LogP contribution in [0.25, 0.3) is 0 Å². The Labute approximate surface area is 102 Å². The van der Waals surface area contributed by atoms with Crippen LogP contribution >= 0.6 is 0 Å². The van der Waals surface area contributed by atoms with E-state index in [0.29, 0.717) is 6.54 Å². The molecule has 1 fully saturated rings. The van der Waals surface area contributed by atoms with Gasteiger partial charge in [0.15, 0.2) is 0 Å². The summed E-state index contributed by atoms with van der Waals surface area (Å²) in [6.45, 7) is 2.50. The van der Waals surface area contributed by atoms with Crippen molar-refractivity contribution in [1.82, 2.24) is 15.2 Å². The minimum atomic E-state index is 0.0822. The minimum absolute atomic E-state index is 0.0822. The highest BCUT2D eigenvalue weighted by atomic mass is 16.2. The second kappa shape index (κ2) is 6.23. The number of rotatable bonds is 3. The molecular formula is C13H19N3O. The van der Waals surface area contributed by atoms with Crippen LogP contribution in [0.2, 0.25) is 0 Å². The second-order valence-electron chi connectivity index (χ2n) is 4.39. The molecule has 0 aliphatic carbocycles. The molecule has 0 atom stereocenters. The van der Waals surface area contributed by atoms with E-state index in [-0.39, 0.29) is 6.03 Å². The van der Waals surface area contributed by atoms with Crippen LogP contribution in [0.1, 0.15) is 24.8 Å². The number of amides is 2. The van der Waals surface area contributed by atoms with E-state index in [1.54, 1.807) is 12.4 Å². The van der Waals surface area contributed by atoms with Gasteiger partial charge in [0.05, 0.1) is 0 Å². The Kier molecular flexibility index (Phi) is 4.36. The zero-order valence-corrected chi connectivity index (χ0v) is 10.1. The molecule has 1 N–H and O–H groups in total. The van der Waals surface area contributed by atoms with Crippen LogP contribution < -0.4 is 5.32 Å². The van der Waals surface area contributed by atoms with Crippen molar-refractivity contribution in [2.24, 2.45) is 0 Å². The van der Waals surface area contributed by atoms with Gasteiger partial charge in [-0.05, 0) is 43.4 Å². The van der Waals surface area contributed by atoms with Crippen LogP contribution in [0, 0.1) is 0 Å². The van der Waals surface area contributed by atoms with Crippen LogP contribution in [0.5, 0.6) is 0 Å². The van der Waals surface area contributed by atoms with E-state index in [9.17, 15) is 4.79 Å². The number of nitrogens with zero attached hydrogens (tertiary/aromatic N) is 2. The molecule has 1 aliphatic rings. The molecule has 2 rings (SSSR count). The number of piperidine rings is 1. The van der Waals surface area contributed by atoms with Crippen molar-refractivity contribution in [3.8, 4) is 0 Å². The largest absolute Gasteiger partial charge is 0.338 e. The van der Waals surface area contributed by atoms with E-state index < -0.39 is 0 Å². The number of pyridine rings is 1. The number of hydrogen-bond donors (Lipinski definition) is 1. The van der Waals surface area contributed by atoms with Gasteiger partial charge in [-0.2, -0.15) is 0 Å². The van der Waals surface area contributed by atoms with Crippen molar-refractivity contribution in [3.05, 3.63) is 30.1 Å². The van der Waals surface area contributed by atoms with Crippen LogP contribution in [0.15, 0.2) is 24.5 Å². The molecule has 2 heterocycles. The van der Waals surface area contributed by atoms with Gasteiger partial charge in [-0.15, -0.1) is 0 Å². The lowest BCUT2D eigenvalue weighted by atomic mass is 10.1. The molecule has 0 aromatic carbocycles. The Hall–Kier alpha value is -1.58. The Morgan fingerprint density at radius 1 is 1.24 bits per heavy atom. The number of aromatic nitrogens is 1. The Balaban J connectivity index is 1.69. The maximum atomic E-state index is 11.8. The summed E-state index contributed by atoms with van der Waals surface area (Å²) in [6.07, 6.45) is 7.95. The van der Waals surface area contributed by atoms with E-state index >= 15 is 0 Å². The standard InChI is InChI=1S/C13H19N3O/c17-13(16-10-2-1-3-11-16)15-9-6-12-4-7-14-8-5-12/h4-5,7-8H,1-3,6,9-11H2,(H,15,17). The first-order chi connectivity index (χ1) is 8.36. The average molecular weight is 233 g/mol. The zero-order valence-electron chi connectivity index (χ0n) is 10.1. The van der Waals surface area contributed by atoms with Gasteiger partial charge in [-0.1, -0.05) is 0 Å². The average Bonchev–Trinajstić information content (AvgIpc) is 2.41. The van der Waals surface area contributed by atoms with Crippen molar-refractivity contribution < 1.29 is 4.79 Å². The van der Waals surface area contributed by atoms with E-state index in [4.69, 9.17) is 0 Å². The lowest BCUT2D eigenvalue weighted by Gasteiger charge is -2.26. The van der Waals surface area contributed by atoms with E-state index in [2.05, 4.69) is 10.3 Å². The third-order valence-corrected chi connectivity index (χ3v) is 3.08. The first-order valence-corrected chi connectivity index (χ1v) is 6.28. The third-order valence-electron chi connectivity index (χ3n) is 3.08. The van der Waals surface area contributed by atoms with Gasteiger partial charge in [0.25, 0.3) is 0 Å². The van der Waals surface area contributed by atoms with Crippen LogP contribution in [0.4, 0.5) is 4.79 Å². The molecule has 92 valence electrons. The van der Waals surface area contributed by atoms with Gasteiger partial charge in [0.1, 0.15) is 0 Å². The van der Waals surface area contributed by atoms with Crippen molar-refractivity contribution in [2.45, 2.75) is 25.7 Å². The highest BCUT2D eigenvalue weighted by Crippen LogP contribution is 2.08.